The predicted molar refractivity (Wildman–Crippen MR) is 116 cm³/mol. The Kier molecular flexibility index (Phi) is 5.45. The molecule has 2 amide bonds. The van der Waals surface area contributed by atoms with Gasteiger partial charge in [-0.2, -0.15) is 0 Å². The molecule has 1 aromatic heterocycles. The van der Waals surface area contributed by atoms with Crippen LogP contribution in [-0.4, -0.2) is 16.8 Å². The van der Waals surface area contributed by atoms with E-state index in [2.05, 4.69) is 15.6 Å². The van der Waals surface area contributed by atoms with Crippen molar-refractivity contribution in [3.63, 3.8) is 0 Å². The lowest BCUT2D eigenvalue weighted by atomic mass is 10.1. The summed E-state index contributed by atoms with van der Waals surface area (Å²) in [6.07, 6.45) is 0. The summed E-state index contributed by atoms with van der Waals surface area (Å²) in [6.45, 7) is 0. The van der Waals surface area contributed by atoms with Crippen LogP contribution in [0, 0.1) is 0 Å². The Bertz CT molecular complexity index is 1120. The van der Waals surface area contributed by atoms with Crippen LogP contribution in [0.25, 0.3) is 11.3 Å². The minimum absolute atomic E-state index is 0.155. The fourth-order valence-corrected chi connectivity index (χ4v) is 3.45. The molecule has 0 unspecified atom stereocenters. The molecule has 5 nitrogen and oxygen atoms in total. The summed E-state index contributed by atoms with van der Waals surface area (Å²) in [7, 11) is 0. The van der Waals surface area contributed by atoms with Crippen LogP contribution in [0.1, 0.15) is 20.7 Å². The quantitative estimate of drug-likeness (QED) is 0.477. The molecule has 0 aliphatic carbocycles. The lowest BCUT2D eigenvalue weighted by Crippen LogP contribution is -2.11. The summed E-state index contributed by atoms with van der Waals surface area (Å²) >= 11 is 1.37. The molecule has 0 fully saturated rings. The van der Waals surface area contributed by atoms with Crippen LogP contribution in [0.4, 0.5) is 10.8 Å². The number of nitrogens with zero attached hydrogens (tertiary/aromatic N) is 1. The number of benzene rings is 3. The molecule has 0 spiro atoms. The summed E-state index contributed by atoms with van der Waals surface area (Å²) in [5.74, 6) is -0.344. The van der Waals surface area contributed by atoms with E-state index in [9.17, 15) is 9.59 Å². The fraction of sp³-hybridized carbons (Fsp3) is 0. The summed E-state index contributed by atoms with van der Waals surface area (Å²) in [5.41, 5.74) is 3.56. The average molecular weight is 399 g/mol. The Morgan fingerprint density at radius 3 is 1.83 bits per heavy atom. The normalized spacial score (nSPS) is 10.3. The number of aromatic nitrogens is 1. The van der Waals surface area contributed by atoms with Crippen LogP contribution >= 0.6 is 11.3 Å². The van der Waals surface area contributed by atoms with Crippen molar-refractivity contribution in [1.29, 1.82) is 0 Å². The van der Waals surface area contributed by atoms with Gasteiger partial charge in [-0.15, -0.1) is 11.3 Å². The minimum atomic E-state index is -0.189. The molecular formula is C23H17N3O2S. The van der Waals surface area contributed by atoms with Crippen molar-refractivity contribution in [3.8, 4) is 11.3 Å². The van der Waals surface area contributed by atoms with Crippen LogP contribution in [-0.2, 0) is 0 Å². The molecule has 0 bridgehead atoms. The van der Waals surface area contributed by atoms with Crippen molar-refractivity contribution in [2.24, 2.45) is 0 Å². The third-order valence-electron chi connectivity index (χ3n) is 4.24. The van der Waals surface area contributed by atoms with E-state index in [1.165, 1.54) is 11.3 Å². The van der Waals surface area contributed by atoms with E-state index >= 15 is 0 Å². The third kappa shape index (κ3) is 4.56. The van der Waals surface area contributed by atoms with Gasteiger partial charge in [0.15, 0.2) is 5.13 Å². The molecule has 0 aliphatic rings. The SMILES string of the molecule is O=C(Nc1ccc(-c2csc(NC(=O)c3ccccc3)n2)cc1)c1ccccc1. The first-order chi connectivity index (χ1) is 14.2. The highest BCUT2D eigenvalue weighted by Crippen LogP contribution is 2.26. The second-order valence-corrected chi connectivity index (χ2v) is 7.11. The Morgan fingerprint density at radius 2 is 1.24 bits per heavy atom. The molecule has 29 heavy (non-hydrogen) atoms. The molecule has 0 saturated carbocycles. The van der Waals surface area contributed by atoms with Gasteiger partial charge in [-0.3, -0.25) is 14.9 Å². The molecule has 142 valence electrons. The van der Waals surface area contributed by atoms with E-state index in [1.54, 1.807) is 24.3 Å². The number of hydrogen-bond donors (Lipinski definition) is 2. The van der Waals surface area contributed by atoms with Gasteiger partial charge in [-0.05, 0) is 36.4 Å². The molecule has 0 saturated heterocycles. The van der Waals surface area contributed by atoms with Gasteiger partial charge in [0.2, 0.25) is 0 Å². The first-order valence-electron chi connectivity index (χ1n) is 8.98. The topological polar surface area (TPSA) is 71.1 Å². The van der Waals surface area contributed by atoms with Crippen LogP contribution in [0.5, 0.6) is 0 Å². The summed E-state index contributed by atoms with van der Waals surface area (Å²) in [6, 6.07) is 25.5. The molecule has 4 aromatic rings. The molecule has 2 N–H and O–H groups in total. The monoisotopic (exact) mass is 399 g/mol. The number of anilines is 2. The van der Waals surface area contributed by atoms with Crippen molar-refractivity contribution < 1.29 is 9.59 Å². The standard InChI is InChI=1S/C23H17N3O2S/c27-21(17-7-3-1-4-8-17)24-19-13-11-16(12-14-19)20-15-29-23(25-20)26-22(28)18-9-5-2-6-10-18/h1-15H,(H,24,27)(H,25,26,28). The maximum Gasteiger partial charge on any atom is 0.257 e. The van der Waals surface area contributed by atoms with Crippen molar-refractivity contribution in [3.05, 3.63) is 101 Å². The number of rotatable bonds is 5. The van der Waals surface area contributed by atoms with Crippen LogP contribution < -0.4 is 10.6 Å². The molecule has 4 rings (SSSR count). The van der Waals surface area contributed by atoms with E-state index in [0.29, 0.717) is 21.9 Å². The zero-order valence-corrected chi connectivity index (χ0v) is 16.1. The maximum atomic E-state index is 12.2. The van der Waals surface area contributed by atoms with Crippen LogP contribution in [0.15, 0.2) is 90.3 Å². The van der Waals surface area contributed by atoms with Crippen LogP contribution in [0.2, 0.25) is 0 Å². The zero-order valence-electron chi connectivity index (χ0n) is 15.3. The minimum Gasteiger partial charge on any atom is -0.322 e. The smallest absolute Gasteiger partial charge is 0.257 e. The Labute approximate surface area is 172 Å². The van der Waals surface area contributed by atoms with E-state index in [1.807, 2.05) is 66.0 Å². The summed E-state index contributed by atoms with van der Waals surface area (Å²) in [4.78, 5) is 29.0. The van der Waals surface area contributed by atoms with E-state index in [4.69, 9.17) is 0 Å². The number of carbonyl (C=O) groups is 2. The lowest BCUT2D eigenvalue weighted by Gasteiger charge is -2.06. The van der Waals surface area contributed by atoms with Crippen molar-refractivity contribution in [2.75, 3.05) is 10.6 Å². The van der Waals surface area contributed by atoms with Crippen LogP contribution in [0.3, 0.4) is 0 Å². The van der Waals surface area contributed by atoms with E-state index in [-0.39, 0.29) is 11.8 Å². The van der Waals surface area contributed by atoms with Gasteiger partial charge in [-0.25, -0.2) is 4.98 Å². The molecule has 6 heteroatoms. The van der Waals surface area contributed by atoms with Gasteiger partial charge in [0, 0.05) is 27.8 Å². The van der Waals surface area contributed by atoms with E-state index in [0.717, 1.165) is 11.3 Å². The van der Waals surface area contributed by atoms with Gasteiger partial charge >= 0.3 is 0 Å². The lowest BCUT2D eigenvalue weighted by molar-refractivity contribution is 0.101. The second kappa shape index (κ2) is 8.50. The highest BCUT2D eigenvalue weighted by Gasteiger charge is 2.10. The molecule has 0 aliphatic heterocycles. The highest BCUT2D eigenvalue weighted by atomic mass is 32.1. The first-order valence-corrected chi connectivity index (χ1v) is 9.86. The number of carbonyl (C=O) groups excluding carboxylic acids is 2. The number of amides is 2. The van der Waals surface area contributed by atoms with Gasteiger partial charge in [0.05, 0.1) is 5.69 Å². The van der Waals surface area contributed by atoms with Crippen molar-refractivity contribution in [2.45, 2.75) is 0 Å². The summed E-state index contributed by atoms with van der Waals surface area (Å²) in [5, 5.41) is 8.11. The maximum absolute atomic E-state index is 12.2. The number of hydrogen-bond acceptors (Lipinski definition) is 4. The van der Waals surface area contributed by atoms with Gasteiger partial charge in [0.1, 0.15) is 0 Å². The second-order valence-electron chi connectivity index (χ2n) is 6.26. The molecular weight excluding hydrogens is 382 g/mol. The Balaban J connectivity index is 1.42. The Morgan fingerprint density at radius 1 is 0.690 bits per heavy atom. The molecule has 3 aromatic carbocycles. The highest BCUT2D eigenvalue weighted by molar-refractivity contribution is 7.14. The summed E-state index contributed by atoms with van der Waals surface area (Å²) < 4.78 is 0. The largest absolute Gasteiger partial charge is 0.322 e. The van der Waals surface area contributed by atoms with Gasteiger partial charge in [-0.1, -0.05) is 48.5 Å². The van der Waals surface area contributed by atoms with Crippen molar-refractivity contribution >= 4 is 34.0 Å². The number of thiazole rings is 1. The molecule has 0 atom stereocenters. The van der Waals surface area contributed by atoms with Gasteiger partial charge in [0.25, 0.3) is 11.8 Å². The molecule has 0 radical (unpaired) electrons. The van der Waals surface area contributed by atoms with Gasteiger partial charge < -0.3 is 5.32 Å². The van der Waals surface area contributed by atoms with Crippen molar-refractivity contribution in [1.82, 2.24) is 4.98 Å². The van der Waals surface area contributed by atoms with E-state index < -0.39 is 0 Å². The predicted octanol–water partition coefficient (Wildman–Crippen LogP) is 5.31. The number of nitrogens with one attached hydrogen (secondary N) is 2. The molecule has 1 heterocycles. The fourth-order valence-electron chi connectivity index (χ4n) is 2.74. The Hall–Kier alpha value is -3.77. The average Bonchev–Trinajstić information content (AvgIpc) is 3.24. The third-order valence-corrected chi connectivity index (χ3v) is 4.99. The zero-order chi connectivity index (χ0) is 20.1. The first kappa shape index (κ1) is 18.6.